The fraction of sp³-hybridized carbons (Fsp3) is 0.250. The molecule has 0 aliphatic rings. The minimum Gasteiger partial charge on any atom is -0.481 e. The maximum absolute atomic E-state index is 10.2. The maximum Gasteiger partial charge on any atom is 0.300 e. The molecular formula is C8H13NO3. The van der Waals surface area contributed by atoms with Gasteiger partial charge in [0, 0.05) is 12.5 Å². The zero-order chi connectivity index (χ0) is 10.1. The number of aliphatic carboxylic acids is 1. The second kappa shape index (κ2) is 7.53. The highest BCUT2D eigenvalue weighted by Gasteiger charge is 1.91. The second-order valence-corrected chi connectivity index (χ2v) is 1.97. The molecule has 0 saturated heterocycles. The molecule has 0 saturated carbocycles. The molecule has 0 aromatic carbocycles. The Morgan fingerprint density at radius 2 is 1.75 bits per heavy atom. The van der Waals surface area contributed by atoms with Crippen molar-refractivity contribution in [3.8, 4) is 0 Å². The van der Waals surface area contributed by atoms with Gasteiger partial charge in [0.2, 0.25) is 5.91 Å². The molecule has 12 heavy (non-hydrogen) atoms. The first-order valence-electron chi connectivity index (χ1n) is 3.20. The first-order valence-corrected chi connectivity index (χ1v) is 3.20. The van der Waals surface area contributed by atoms with E-state index in [1.54, 1.807) is 13.0 Å². The lowest BCUT2D eigenvalue weighted by atomic mass is 10.3. The average molecular weight is 171 g/mol. The molecule has 0 spiro atoms. The lowest BCUT2D eigenvalue weighted by Crippen LogP contribution is -2.11. The van der Waals surface area contributed by atoms with E-state index in [-0.39, 0.29) is 0 Å². The number of carboxylic acids is 1. The standard InChI is InChI=1S/C6H9NO.C2H4O2/c1-3-4-5(2)6(7)8;1-2(3)4/h3-4H,1H2,2H3,(H2,7,8);1H3,(H,3,4). The predicted octanol–water partition coefficient (Wildman–Crippen LogP) is 0.695. The Morgan fingerprint density at radius 3 is 1.83 bits per heavy atom. The van der Waals surface area contributed by atoms with Crippen LogP contribution >= 0.6 is 0 Å². The molecular weight excluding hydrogens is 158 g/mol. The summed E-state index contributed by atoms with van der Waals surface area (Å²) in [4.78, 5) is 19.2. The minimum atomic E-state index is -0.833. The van der Waals surface area contributed by atoms with Crippen LogP contribution in [-0.4, -0.2) is 17.0 Å². The highest BCUT2D eigenvalue weighted by atomic mass is 16.4. The van der Waals surface area contributed by atoms with E-state index < -0.39 is 11.9 Å². The molecule has 1 amide bonds. The van der Waals surface area contributed by atoms with Crippen LogP contribution in [0.1, 0.15) is 13.8 Å². The maximum atomic E-state index is 10.2. The molecule has 0 fully saturated rings. The number of primary amides is 1. The van der Waals surface area contributed by atoms with Crippen LogP contribution in [0.15, 0.2) is 24.3 Å². The highest BCUT2D eigenvalue weighted by Crippen LogP contribution is 1.87. The van der Waals surface area contributed by atoms with Gasteiger partial charge >= 0.3 is 0 Å². The number of nitrogens with two attached hydrogens (primary N) is 1. The summed E-state index contributed by atoms with van der Waals surface area (Å²) < 4.78 is 0. The van der Waals surface area contributed by atoms with Gasteiger partial charge in [-0.15, -0.1) is 0 Å². The minimum absolute atomic E-state index is 0.398. The van der Waals surface area contributed by atoms with E-state index in [2.05, 4.69) is 6.58 Å². The van der Waals surface area contributed by atoms with Gasteiger partial charge in [0.05, 0.1) is 0 Å². The quantitative estimate of drug-likeness (QED) is 0.474. The summed E-state index contributed by atoms with van der Waals surface area (Å²) in [5, 5.41) is 7.42. The van der Waals surface area contributed by atoms with Crippen LogP contribution in [0.5, 0.6) is 0 Å². The number of hydrogen-bond donors (Lipinski definition) is 2. The van der Waals surface area contributed by atoms with Gasteiger partial charge in [-0.05, 0) is 6.92 Å². The fourth-order valence-electron chi connectivity index (χ4n) is 0.259. The molecule has 0 aliphatic carbocycles. The lowest BCUT2D eigenvalue weighted by Gasteiger charge is -1.86. The third kappa shape index (κ3) is 15.8. The SMILES string of the molecule is C=CC=C(C)C(N)=O.CC(=O)O. The molecule has 0 heterocycles. The second-order valence-electron chi connectivity index (χ2n) is 1.97. The van der Waals surface area contributed by atoms with Gasteiger partial charge in [0.1, 0.15) is 0 Å². The molecule has 0 radical (unpaired) electrons. The van der Waals surface area contributed by atoms with Crippen molar-refractivity contribution in [3.63, 3.8) is 0 Å². The summed E-state index contributed by atoms with van der Waals surface area (Å²) in [6.07, 6.45) is 3.10. The molecule has 0 bridgehead atoms. The third-order valence-corrected chi connectivity index (χ3v) is 0.757. The largest absolute Gasteiger partial charge is 0.481 e. The monoisotopic (exact) mass is 171 g/mol. The first kappa shape index (κ1) is 13.0. The molecule has 0 rings (SSSR count). The van der Waals surface area contributed by atoms with E-state index in [1.807, 2.05) is 0 Å². The van der Waals surface area contributed by atoms with Crippen LogP contribution in [-0.2, 0) is 9.59 Å². The normalized spacial score (nSPS) is 9.33. The van der Waals surface area contributed by atoms with Crippen molar-refractivity contribution < 1.29 is 14.7 Å². The van der Waals surface area contributed by atoms with E-state index in [4.69, 9.17) is 15.6 Å². The van der Waals surface area contributed by atoms with Crippen molar-refractivity contribution in [2.24, 2.45) is 5.73 Å². The van der Waals surface area contributed by atoms with Crippen molar-refractivity contribution in [2.45, 2.75) is 13.8 Å². The van der Waals surface area contributed by atoms with E-state index >= 15 is 0 Å². The number of amides is 1. The molecule has 0 unspecified atom stereocenters. The zero-order valence-corrected chi connectivity index (χ0v) is 7.20. The molecule has 4 heteroatoms. The predicted molar refractivity (Wildman–Crippen MR) is 46.5 cm³/mol. The van der Waals surface area contributed by atoms with Crippen LogP contribution in [0.2, 0.25) is 0 Å². The van der Waals surface area contributed by atoms with Crippen LogP contribution < -0.4 is 5.73 Å². The number of rotatable bonds is 2. The summed E-state index contributed by atoms with van der Waals surface area (Å²) in [5.41, 5.74) is 5.39. The summed E-state index contributed by atoms with van der Waals surface area (Å²) in [6.45, 7) is 6.13. The Balaban J connectivity index is 0. The molecule has 4 nitrogen and oxygen atoms in total. The summed E-state index contributed by atoms with van der Waals surface area (Å²) in [6, 6.07) is 0. The highest BCUT2D eigenvalue weighted by molar-refractivity contribution is 5.91. The Hall–Kier alpha value is -1.58. The Morgan fingerprint density at radius 1 is 1.42 bits per heavy atom. The molecule has 3 N–H and O–H groups in total. The number of allylic oxidation sites excluding steroid dienone is 2. The third-order valence-electron chi connectivity index (χ3n) is 0.757. The van der Waals surface area contributed by atoms with Gasteiger partial charge in [-0.3, -0.25) is 9.59 Å². The van der Waals surface area contributed by atoms with Gasteiger partial charge in [0.15, 0.2) is 0 Å². The van der Waals surface area contributed by atoms with Gasteiger partial charge in [-0.1, -0.05) is 18.7 Å². The molecule has 0 aromatic heterocycles. The topological polar surface area (TPSA) is 80.4 Å². The van der Waals surface area contributed by atoms with Crippen molar-refractivity contribution in [1.29, 1.82) is 0 Å². The first-order chi connectivity index (χ1) is 5.41. The number of carboxylic acid groups (broad SMARTS) is 1. The smallest absolute Gasteiger partial charge is 0.300 e. The Kier molecular flexibility index (Phi) is 8.18. The van der Waals surface area contributed by atoms with E-state index in [9.17, 15) is 4.79 Å². The summed E-state index contributed by atoms with van der Waals surface area (Å²) in [5.74, 6) is -1.23. The van der Waals surface area contributed by atoms with Crippen molar-refractivity contribution >= 4 is 11.9 Å². The van der Waals surface area contributed by atoms with Gasteiger partial charge < -0.3 is 10.8 Å². The molecule has 0 aliphatic heterocycles. The Bertz CT molecular complexity index is 202. The van der Waals surface area contributed by atoms with Gasteiger partial charge in [-0.25, -0.2) is 0 Å². The molecule has 68 valence electrons. The van der Waals surface area contributed by atoms with Crippen molar-refractivity contribution in [3.05, 3.63) is 24.3 Å². The lowest BCUT2D eigenvalue weighted by molar-refractivity contribution is -0.134. The molecule has 0 aromatic rings. The number of carbonyl (C=O) groups is 2. The summed E-state index contributed by atoms with van der Waals surface area (Å²) >= 11 is 0. The zero-order valence-electron chi connectivity index (χ0n) is 7.20. The van der Waals surface area contributed by atoms with E-state index in [0.717, 1.165) is 6.92 Å². The van der Waals surface area contributed by atoms with Gasteiger partial charge in [-0.2, -0.15) is 0 Å². The fourth-order valence-corrected chi connectivity index (χ4v) is 0.259. The van der Waals surface area contributed by atoms with Crippen LogP contribution in [0.3, 0.4) is 0 Å². The number of hydrogen-bond acceptors (Lipinski definition) is 2. The van der Waals surface area contributed by atoms with E-state index in [1.165, 1.54) is 6.08 Å². The van der Waals surface area contributed by atoms with Crippen LogP contribution in [0.25, 0.3) is 0 Å². The Labute approximate surface area is 71.4 Å². The average Bonchev–Trinajstić information content (AvgIpc) is 1.86. The molecule has 0 atom stereocenters. The van der Waals surface area contributed by atoms with Crippen LogP contribution in [0, 0.1) is 0 Å². The van der Waals surface area contributed by atoms with Crippen molar-refractivity contribution in [2.75, 3.05) is 0 Å². The van der Waals surface area contributed by atoms with Crippen molar-refractivity contribution in [1.82, 2.24) is 0 Å². The van der Waals surface area contributed by atoms with Crippen LogP contribution in [0.4, 0.5) is 0 Å². The number of carbonyl (C=O) groups excluding carboxylic acids is 1. The summed E-state index contributed by atoms with van der Waals surface area (Å²) in [7, 11) is 0. The van der Waals surface area contributed by atoms with E-state index in [0.29, 0.717) is 5.57 Å². The van der Waals surface area contributed by atoms with Gasteiger partial charge in [0.25, 0.3) is 5.97 Å².